The topological polar surface area (TPSA) is 77.6 Å². The first kappa shape index (κ1) is 27.3. The Bertz CT molecular complexity index is 1580. The van der Waals surface area contributed by atoms with Crippen LogP contribution in [0.4, 0.5) is 13.2 Å². The van der Waals surface area contributed by atoms with Crippen LogP contribution < -0.4 is 11.3 Å². The van der Waals surface area contributed by atoms with E-state index in [1.807, 2.05) is 19.0 Å². The number of alkyl halides is 3. The molecular formula is C29H30F3N3O3. The quantitative estimate of drug-likeness (QED) is 0.359. The zero-order chi connectivity index (χ0) is 27.8. The molecule has 0 aliphatic rings. The maximum absolute atomic E-state index is 14.8. The van der Waals surface area contributed by atoms with Gasteiger partial charge >= 0.3 is 12.1 Å². The number of benzene rings is 3. The van der Waals surface area contributed by atoms with Gasteiger partial charge in [-0.3, -0.25) is 9.59 Å². The molecule has 200 valence electrons. The molecule has 0 amide bonds. The standard InChI is InChI=1S/C29H30F3N3O3/c1-34(2)14-13-17-11-12-24-22(15-17)26(29(30,31)32)25(27(36)35(24)3)21-10-6-8-19-18(7-5-9-20(19)21)16-23(33)28(37)38-4/h5-12,15,23H,13-14,16,33H2,1-4H3/t23-/m0/s1. The molecule has 6 nitrogen and oxygen atoms in total. The van der Waals surface area contributed by atoms with Crippen molar-refractivity contribution in [2.24, 2.45) is 12.8 Å². The van der Waals surface area contributed by atoms with Gasteiger partial charge in [0.05, 0.1) is 23.8 Å². The van der Waals surface area contributed by atoms with E-state index in [1.165, 1.54) is 30.9 Å². The number of carbonyl (C=O) groups excluding carboxylic acids is 1. The Balaban J connectivity index is 2.02. The van der Waals surface area contributed by atoms with Crippen LogP contribution in [0.1, 0.15) is 16.7 Å². The first-order valence-corrected chi connectivity index (χ1v) is 12.2. The van der Waals surface area contributed by atoms with Gasteiger partial charge in [0.25, 0.3) is 5.56 Å². The normalized spacial score (nSPS) is 12.9. The van der Waals surface area contributed by atoms with Crippen molar-refractivity contribution in [1.82, 2.24) is 9.47 Å². The van der Waals surface area contributed by atoms with Crippen molar-refractivity contribution < 1.29 is 22.7 Å². The number of nitrogens with two attached hydrogens (primary N) is 1. The van der Waals surface area contributed by atoms with Gasteiger partial charge in [0.15, 0.2) is 0 Å². The van der Waals surface area contributed by atoms with Gasteiger partial charge in [0.2, 0.25) is 0 Å². The number of carbonyl (C=O) groups is 1. The van der Waals surface area contributed by atoms with E-state index in [0.717, 1.165) is 5.56 Å². The van der Waals surface area contributed by atoms with Gasteiger partial charge in [-0.2, -0.15) is 13.2 Å². The molecule has 0 aliphatic heterocycles. The average Bonchev–Trinajstić information content (AvgIpc) is 2.87. The highest BCUT2D eigenvalue weighted by molar-refractivity contribution is 6.01. The number of hydrogen-bond acceptors (Lipinski definition) is 5. The number of pyridine rings is 1. The molecule has 0 fully saturated rings. The molecule has 0 bridgehead atoms. The minimum absolute atomic E-state index is 0.0215. The van der Waals surface area contributed by atoms with E-state index in [4.69, 9.17) is 10.5 Å². The van der Waals surface area contributed by atoms with Crippen LogP contribution in [0.5, 0.6) is 0 Å². The van der Waals surface area contributed by atoms with Crippen LogP contribution in [0.3, 0.4) is 0 Å². The van der Waals surface area contributed by atoms with Crippen molar-refractivity contribution in [1.29, 1.82) is 0 Å². The van der Waals surface area contributed by atoms with Gasteiger partial charge in [0, 0.05) is 19.0 Å². The summed E-state index contributed by atoms with van der Waals surface area (Å²) in [5.41, 5.74) is 5.66. The molecule has 4 aromatic rings. The molecule has 0 radical (unpaired) electrons. The molecule has 9 heteroatoms. The largest absolute Gasteiger partial charge is 0.468 e. The Hall–Kier alpha value is -3.69. The zero-order valence-electron chi connectivity index (χ0n) is 21.7. The van der Waals surface area contributed by atoms with Crippen LogP contribution in [0.25, 0.3) is 32.8 Å². The zero-order valence-corrected chi connectivity index (χ0v) is 21.7. The Morgan fingerprint density at radius 1 is 1.05 bits per heavy atom. The van der Waals surface area contributed by atoms with Gasteiger partial charge < -0.3 is 19.9 Å². The SMILES string of the molecule is COC(=O)[C@@H](N)Cc1cccc2c(-c3c(C(F)(F)F)c4cc(CCN(C)C)ccc4n(C)c3=O)cccc12. The molecule has 4 rings (SSSR count). The van der Waals surface area contributed by atoms with Crippen LogP contribution in [0.15, 0.2) is 59.4 Å². The molecule has 1 atom stereocenters. The summed E-state index contributed by atoms with van der Waals surface area (Å²) in [7, 11) is 6.52. The summed E-state index contributed by atoms with van der Waals surface area (Å²) in [6, 6.07) is 14.0. The third-order valence-corrected chi connectivity index (χ3v) is 6.82. The molecule has 1 heterocycles. The molecule has 2 N–H and O–H groups in total. The molecule has 0 spiro atoms. The lowest BCUT2D eigenvalue weighted by molar-refractivity contribution is -0.142. The summed E-state index contributed by atoms with van der Waals surface area (Å²) in [5, 5.41) is 1.05. The number of methoxy groups -OCH3 is 1. The van der Waals surface area contributed by atoms with Crippen molar-refractivity contribution in [3.05, 3.63) is 81.6 Å². The van der Waals surface area contributed by atoms with E-state index in [1.54, 1.807) is 42.5 Å². The van der Waals surface area contributed by atoms with E-state index in [9.17, 15) is 22.8 Å². The molecular weight excluding hydrogens is 495 g/mol. The van der Waals surface area contributed by atoms with Crippen molar-refractivity contribution in [3.8, 4) is 11.1 Å². The Morgan fingerprint density at radius 2 is 1.74 bits per heavy atom. The van der Waals surface area contributed by atoms with E-state index in [0.29, 0.717) is 29.3 Å². The van der Waals surface area contributed by atoms with Crippen LogP contribution in [0.2, 0.25) is 0 Å². The van der Waals surface area contributed by atoms with Crippen LogP contribution in [-0.2, 0) is 35.6 Å². The van der Waals surface area contributed by atoms with Gasteiger partial charge in [-0.25, -0.2) is 0 Å². The fraction of sp³-hybridized carbons (Fsp3) is 0.310. The van der Waals surface area contributed by atoms with E-state index in [2.05, 4.69) is 0 Å². The van der Waals surface area contributed by atoms with Gasteiger partial charge in [-0.05, 0) is 66.5 Å². The monoisotopic (exact) mass is 525 g/mol. The number of rotatable bonds is 7. The molecule has 0 saturated carbocycles. The minimum atomic E-state index is -4.78. The predicted octanol–water partition coefficient (Wildman–Crippen LogP) is 4.52. The summed E-state index contributed by atoms with van der Waals surface area (Å²) in [5.74, 6) is -0.592. The molecule has 0 aliphatic carbocycles. The van der Waals surface area contributed by atoms with E-state index < -0.39 is 34.9 Å². The lowest BCUT2D eigenvalue weighted by Crippen LogP contribution is -2.33. The summed E-state index contributed by atoms with van der Waals surface area (Å²) in [6.07, 6.45) is -4.09. The third-order valence-electron chi connectivity index (χ3n) is 6.82. The highest BCUT2D eigenvalue weighted by Gasteiger charge is 2.38. The molecule has 0 saturated heterocycles. The fourth-order valence-electron chi connectivity index (χ4n) is 4.89. The number of nitrogens with zero attached hydrogens (tertiary/aromatic N) is 2. The second kappa shape index (κ2) is 10.6. The van der Waals surface area contributed by atoms with Crippen LogP contribution in [0, 0.1) is 0 Å². The average molecular weight is 526 g/mol. The van der Waals surface area contributed by atoms with Gasteiger partial charge in [0.1, 0.15) is 6.04 Å². The predicted molar refractivity (Wildman–Crippen MR) is 143 cm³/mol. The molecule has 38 heavy (non-hydrogen) atoms. The summed E-state index contributed by atoms with van der Waals surface area (Å²) >= 11 is 0. The molecule has 0 unspecified atom stereocenters. The highest BCUT2D eigenvalue weighted by atomic mass is 19.4. The number of ether oxygens (including phenoxy) is 1. The molecule has 1 aromatic heterocycles. The lowest BCUT2D eigenvalue weighted by atomic mass is 9.90. The first-order chi connectivity index (χ1) is 17.9. The summed E-state index contributed by atoms with van der Waals surface area (Å²) < 4.78 is 50.3. The smallest absolute Gasteiger partial charge is 0.417 e. The van der Waals surface area contributed by atoms with Crippen molar-refractivity contribution >= 4 is 27.6 Å². The van der Waals surface area contributed by atoms with Crippen LogP contribution >= 0.6 is 0 Å². The number of likely N-dealkylation sites (N-methyl/N-ethyl adjacent to an activating group) is 1. The van der Waals surface area contributed by atoms with E-state index >= 15 is 0 Å². The van der Waals surface area contributed by atoms with Crippen molar-refractivity contribution in [2.45, 2.75) is 25.1 Å². The minimum Gasteiger partial charge on any atom is -0.468 e. The van der Waals surface area contributed by atoms with Crippen molar-refractivity contribution in [2.75, 3.05) is 27.7 Å². The fourth-order valence-corrected chi connectivity index (χ4v) is 4.89. The maximum Gasteiger partial charge on any atom is 0.417 e. The number of halogens is 3. The number of aromatic nitrogens is 1. The summed E-state index contributed by atoms with van der Waals surface area (Å²) in [6.45, 7) is 0.672. The maximum atomic E-state index is 14.8. The first-order valence-electron chi connectivity index (χ1n) is 12.2. The Kier molecular flexibility index (Phi) is 7.62. The third kappa shape index (κ3) is 5.16. The Labute approximate surface area is 218 Å². The van der Waals surface area contributed by atoms with Crippen molar-refractivity contribution in [3.63, 3.8) is 0 Å². The number of esters is 1. The second-order valence-electron chi connectivity index (χ2n) is 9.67. The van der Waals surface area contributed by atoms with E-state index in [-0.39, 0.29) is 22.9 Å². The number of aryl methyl sites for hydroxylation is 1. The van der Waals surface area contributed by atoms with Gasteiger partial charge in [-0.15, -0.1) is 0 Å². The van der Waals surface area contributed by atoms with Crippen LogP contribution in [-0.4, -0.2) is 49.2 Å². The van der Waals surface area contributed by atoms with Gasteiger partial charge in [-0.1, -0.05) is 42.5 Å². The molecule has 3 aromatic carbocycles. The second-order valence-corrected chi connectivity index (χ2v) is 9.67. The lowest BCUT2D eigenvalue weighted by Gasteiger charge is -2.20. The Morgan fingerprint density at radius 3 is 2.39 bits per heavy atom. The number of fused-ring (bicyclic) bond motifs is 2. The highest BCUT2D eigenvalue weighted by Crippen LogP contribution is 2.42. The number of hydrogen-bond donors (Lipinski definition) is 1. The summed E-state index contributed by atoms with van der Waals surface area (Å²) in [4.78, 5) is 27.4.